The summed E-state index contributed by atoms with van der Waals surface area (Å²) in [6, 6.07) is 17.9. The van der Waals surface area contributed by atoms with Crippen LogP contribution in [-0.4, -0.2) is 72.8 Å². The SMILES string of the molecule is Cc1c[nH]c2c(O)cc3c(c12)[C@H](CCl)CN3C(=O)c1cc2cc(N=C(N)Nc3ccc4[nH]c(C(=O)N5C[C@@H](CCl)c6c5cc(O)c5[nH]cc(C)c65)cc4c3)ccc2[nH]1. The number of aryl methyl sites for hydroxylation is 2. The predicted molar refractivity (Wildman–Crippen MR) is 231 cm³/mol. The number of nitrogens with two attached hydrogens (primary N) is 1. The largest absolute Gasteiger partial charge is 0.506 e. The van der Waals surface area contributed by atoms with Crippen molar-refractivity contribution in [2.45, 2.75) is 25.7 Å². The van der Waals surface area contributed by atoms with E-state index in [0.29, 0.717) is 70.0 Å². The first-order chi connectivity index (χ1) is 28.0. The van der Waals surface area contributed by atoms with Crippen molar-refractivity contribution < 1.29 is 19.8 Å². The smallest absolute Gasteiger partial charge is 0.274 e. The molecule has 0 unspecified atom stereocenters. The van der Waals surface area contributed by atoms with Crippen molar-refractivity contribution >= 4 is 107 Å². The molecular weight excluding hydrogens is 777 g/mol. The summed E-state index contributed by atoms with van der Waals surface area (Å²) >= 11 is 12.8. The van der Waals surface area contributed by atoms with Crippen molar-refractivity contribution in [3.05, 3.63) is 107 Å². The Bertz CT molecular complexity index is 3070. The number of halogens is 2. The number of aliphatic imine (C=N–C) groups is 1. The highest BCUT2D eigenvalue weighted by atomic mass is 35.5. The molecule has 292 valence electrons. The lowest BCUT2D eigenvalue weighted by atomic mass is 9.97. The Kier molecular flexibility index (Phi) is 8.18. The minimum Gasteiger partial charge on any atom is -0.506 e. The van der Waals surface area contributed by atoms with Crippen LogP contribution in [0.4, 0.5) is 22.7 Å². The van der Waals surface area contributed by atoms with E-state index in [1.165, 1.54) is 0 Å². The molecule has 0 spiro atoms. The van der Waals surface area contributed by atoms with E-state index in [-0.39, 0.29) is 41.1 Å². The second-order valence-electron chi connectivity index (χ2n) is 15.2. The number of H-pyrrole nitrogens is 4. The number of anilines is 3. The number of guanidine groups is 1. The molecule has 58 heavy (non-hydrogen) atoms. The number of phenolic OH excluding ortho intramolecular Hbond substituents is 2. The van der Waals surface area contributed by atoms with E-state index in [1.807, 2.05) is 56.6 Å². The molecule has 0 bridgehead atoms. The first-order valence-electron chi connectivity index (χ1n) is 18.8. The molecule has 2 atom stereocenters. The minimum atomic E-state index is -0.231. The molecule has 15 heteroatoms. The number of amides is 2. The molecule has 2 amide bonds. The van der Waals surface area contributed by atoms with Crippen molar-refractivity contribution in [1.29, 1.82) is 0 Å². The lowest BCUT2D eigenvalue weighted by Gasteiger charge is -2.17. The molecule has 4 aromatic heterocycles. The number of hydrogen-bond acceptors (Lipinski definition) is 5. The Hall–Kier alpha value is -6.57. The number of aromatic hydroxyl groups is 2. The highest BCUT2D eigenvalue weighted by Crippen LogP contribution is 2.48. The molecule has 6 heterocycles. The lowest BCUT2D eigenvalue weighted by molar-refractivity contribution is 0.0977. The third-order valence-electron chi connectivity index (χ3n) is 11.6. The van der Waals surface area contributed by atoms with Crippen LogP contribution >= 0.6 is 23.2 Å². The summed E-state index contributed by atoms with van der Waals surface area (Å²) < 4.78 is 0. The Balaban J connectivity index is 0.875. The average Bonchev–Trinajstić information content (AvgIpc) is 4.06. The standard InChI is InChI=1S/C43H37Cl2N9O4/c1-19-15-47-39-33(55)11-31-37(35(19)39)23(13-44)17-53(31)41(57)29-9-21-7-25(3-5-27(21)51-29)49-43(46)50-26-4-6-28-22(8-26)10-30(52-28)42(58)54-18-24(14-45)38-32(54)12-34(56)40-36(38)20(2)16-48-40/h3-12,15-16,23-24,47-48,51-52,55-56H,13-14,17-18H2,1-2H3,(H3,46,49,50)/t23-,24-/m1/s1. The molecule has 4 aromatic carbocycles. The maximum absolute atomic E-state index is 14.0. The summed E-state index contributed by atoms with van der Waals surface area (Å²) in [6.45, 7) is 4.73. The fourth-order valence-electron chi connectivity index (χ4n) is 8.92. The van der Waals surface area contributed by atoms with Gasteiger partial charge in [-0.2, -0.15) is 0 Å². The van der Waals surface area contributed by atoms with E-state index in [1.54, 1.807) is 40.1 Å². The molecule has 13 nitrogen and oxygen atoms in total. The van der Waals surface area contributed by atoms with Gasteiger partial charge in [0.1, 0.15) is 22.9 Å². The van der Waals surface area contributed by atoms with Gasteiger partial charge >= 0.3 is 0 Å². The van der Waals surface area contributed by atoms with Crippen molar-refractivity contribution in [3.63, 3.8) is 0 Å². The summed E-state index contributed by atoms with van der Waals surface area (Å²) in [4.78, 5) is 48.7. The first kappa shape index (κ1) is 35.8. The quantitative estimate of drug-likeness (QED) is 0.0470. The highest BCUT2D eigenvalue weighted by Gasteiger charge is 2.38. The molecule has 2 aliphatic heterocycles. The monoisotopic (exact) mass is 813 g/mol. The molecule has 9 N–H and O–H groups in total. The van der Waals surface area contributed by atoms with Gasteiger partial charge in [0.15, 0.2) is 5.96 Å². The molecule has 0 saturated heterocycles. The number of aromatic nitrogens is 4. The number of aromatic amines is 4. The van der Waals surface area contributed by atoms with Crippen LogP contribution in [0.3, 0.4) is 0 Å². The fourth-order valence-corrected chi connectivity index (χ4v) is 9.43. The number of benzene rings is 4. The van der Waals surface area contributed by atoms with Gasteiger partial charge in [-0.3, -0.25) is 9.59 Å². The molecule has 0 aliphatic carbocycles. The summed E-state index contributed by atoms with van der Waals surface area (Å²) in [5.41, 5.74) is 16.4. The third kappa shape index (κ3) is 5.48. The molecule has 2 aliphatic rings. The first-order valence-corrected chi connectivity index (χ1v) is 19.9. The van der Waals surface area contributed by atoms with Gasteiger partial charge in [0.05, 0.1) is 28.1 Å². The predicted octanol–water partition coefficient (Wildman–Crippen LogP) is 8.66. The van der Waals surface area contributed by atoms with E-state index in [4.69, 9.17) is 28.9 Å². The van der Waals surface area contributed by atoms with Crippen molar-refractivity contribution in [1.82, 2.24) is 19.9 Å². The maximum Gasteiger partial charge on any atom is 0.274 e. The van der Waals surface area contributed by atoms with Crippen LogP contribution in [0, 0.1) is 13.8 Å². The fraction of sp³-hybridized carbons (Fsp3) is 0.186. The van der Waals surface area contributed by atoms with Gasteiger partial charge in [-0.15, -0.1) is 23.2 Å². The van der Waals surface area contributed by atoms with Gasteiger partial charge in [-0.05, 0) is 84.6 Å². The summed E-state index contributed by atoms with van der Waals surface area (Å²) in [7, 11) is 0. The van der Waals surface area contributed by atoms with Crippen LogP contribution in [0.1, 0.15) is 55.1 Å². The maximum atomic E-state index is 14.0. The van der Waals surface area contributed by atoms with Crippen molar-refractivity contribution in [2.24, 2.45) is 10.7 Å². The van der Waals surface area contributed by atoms with Crippen LogP contribution < -0.4 is 20.9 Å². The molecule has 8 aromatic rings. The van der Waals surface area contributed by atoms with Crippen LogP contribution in [-0.2, 0) is 0 Å². The summed E-state index contributed by atoms with van der Waals surface area (Å²) in [5, 5.41) is 28.1. The number of fused-ring (bicyclic) bond motifs is 8. The van der Waals surface area contributed by atoms with Gasteiger partial charge in [-0.1, -0.05) is 0 Å². The topological polar surface area (TPSA) is 195 Å². The number of rotatable bonds is 6. The van der Waals surface area contributed by atoms with Gasteiger partial charge in [0, 0.05) is 99.5 Å². The zero-order valence-electron chi connectivity index (χ0n) is 31.3. The highest BCUT2D eigenvalue weighted by molar-refractivity contribution is 6.20. The Morgan fingerprint density at radius 1 is 0.759 bits per heavy atom. The third-order valence-corrected chi connectivity index (χ3v) is 12.3. The second-order valence-corrected chi connectivity index (χ2v) is 15.8. The zero-order valence-corrected chi connectivity index (χ0v) is 32.8. The van der Waals surface area contributed by atoms with E-state index >= 15 is 0 Å². The summed E-state index contributed by atoms with van der Waals surface area (Å²) in [5.74, 6) is 0.343. The van der Waals surface area contributed by atoms with Gasteiger partial charge in [-0.25, -0.2) is 4.99 Å². The summed E-state index contributed by atoms with van der Waals surface area (Å²) in [6.07, 6.45) is 3.70. The van der Waals surface area contributed by atoms with Crippen molar-refractivity contribution in [2.75, 3.05) is 40.0 Å². The van der Waals surface area contributed by atoms with Crippen LogP contribution in [0.15, 0.2) is 78.0 Å². The number of hydrogen-bond donors (Lipinski definition) is 8. The number of nitrogens with one attached hydrogen (secondary N) is 5. The Morgan fingerprint density at radius 2 is 1.26 bits per heavy atom. The zero-order chi connectivity index (χ0) is 40.1. The molecule has 0 radical (unpaired) electrons. The van der Waals surface area contributed by atoms with Crippen LogP contribution in [0.25, 0.3) is 43.6 Å². The average molecular weight is 815 g/mol. The normalized spacial score (nSPS) is 16.7. The molecular formula is C43H37Cl2N9O4. The van der Waals surface area contributed by atoms with E-state index in [2.05, 4.69) is 30.2 Å². The Morgan fingerprint density at radius 3 is 1.78 bits per heavy atom. The van der Waals surface area contributed by atoms with Crippen LogP contribution in [0.2, 0.25) is 0 Å². The molecule has 0 saturated carbocycles. The molecule has 10 rings (SSSR count). The van der Waals surface area contributed by atoms with Crippen LogP contribution in [0.5, 0.6) is 11.5 Å². The number of alkyl halides is 2. The molecule has 0 fully saturated rings. The number of nitrogens with zero attached hydrogens (tertiary/aromatic N) is 3. The number of carbonyl (C=O) groups excluding carboxylic acids is 2. The van der Waals surface area contributed by atoms with Gasteiger partial charge < -0.3 is 51.0 Å². The van der Waals surface area contributed by atoms with E-state index in [9.17, 15) is 19.8 Å². The van der Waals surface area contributed by atoms with Gasteiger partial charge in [0.2, 0.25) is 0 Å². The van der Waals surface area contributed by atoms with Gasteiger partial charge in [0.25, 0.3) is 11.8 Å². The Labute approximate surface area is 340 Å². The second kappa shape index (κ2) is 13.3. The minimum absolute atomic E-state index is 0.0782. The number of carbonyl (C=O) groups is 2. The van der Waals surface area contributed by atoms with E-state index < -0.39 is 0 Å². The van der Waals surface area contributed by atoms with E-state index in [0.717, 1.165) is 54.8 Å². The lowest BCUT2D eigenvalue weighted by Crippen LogP contribution is -2.30. The number of phenols is 2. The van der Waals surface area contributed by atoms with Crippen molar-refractivity contribution in [3.8, 4) is 11.5 Å².